The van der Waals surface area contributed by atoms with Gasteiger partial charge in [0, 0.05) is 13.1 Å². The molecule has 0 saturated heterocycles. The average molecular weight is 293 g/mol. The highest BCUT2D eigenvalue weighted by atomic mass is 32.2. The number of hydrogen-bond donors (Lipinski definition) is 1. The van der Waals surface area contributed by atoms with Crippen LogP contribution in [0, 0.1) is 17.0 Å². The molecule has 0 aliphatic heterocycles. The number of hydrogen-bond acceptors (Lipinski definition) is 5. The summed E-state index contributed by atoms with van der Waals surface area (Å²) in [4.78, 5) is 11.3. The number of aliphatic hydroxyl groups excluding tert-OH is 1. The fourth-order valence-corrected chi connectivity index (χ4v) is 2.82. The minimum atomic E-state index is -0.730. The largest absolute Gasteiger partial charge is 0.389 e. The van der Waals surface area contributed by atoms with Crippen LogP contribution in [0.25, 0.3) is 0 Å². The van der Waals surface area contributed by atoms with Gasteiger partial charge >= 0.3 is 0 Å². The summed E-state index contributed by atoms with van der Waals surface area (Å²) >= 11 is 1.29. The first-order valence-corrected chi connectivity index (χ1v) is 6.85. The third-order valence-electron chi connectivity index (χ3n) is 2.84. The topological polar surface area (TPSA) is 81.2 Å². The first-order chi connectivity index (χ1) is 9.38. The Kier molecular flexibility index (Phi) is 4.10. The number of aryl methyl sites for hydroxylation is 2. The van der Waals surface area contributed by atoms with Crippen molar-refractivity contribution in [2.75, 3.05) is 0 Å². The summed E-state index contributed by atoms with van der Waals surface area (Å²) in [5.41, 5.74) is 1.38. The van der Waals surface area contributed by atoms with Gasteiger partial charge in [-0.15, -0.1) is 0 Å². The molecule has 0 unspecified atom stereocenters. The van der Waals surface area contributed by atoms with Crippen LogP contribution in [0.5, 0.6) is 0 Å². The van der Waals surface area contributed by atoms with Crippen LogP contribution in [-0.4, -0.2) is 19.8 Å². The lowest BCUT2D eigenvalue weighted by molar-refractivity contribution is -0.387. The molecule has 0 amide bonds. The fraction of sp³-hybridized carbons (Fsp3) is 0.308. The van der Waals surface area contributed by atoms with E-state index >= 15 is 0 Å². The number of aromatic nitrogens is 2. The van der Waals surface area contributed by atoms with Crippen molar-refractivity contribution in [1.29, 1.82) is 0 Å². The Morgan fingerprint density at radius 1 is 1.45 bits per heavy atom. The smallest absolute Gasteiger partial charge is 0.283 e. The summed E-state index contributed by atoms with van der Waals surface area (Å²) in [7, 11) is 1.80. The first kappa shape index (κ1) is 14.5. The van der Waals surface area contributed by atoms with Gasteiger partial charge in [0.05, 0.1) is 26.6 Å². The van der Waals surface area contributed by atoms with Crippen LogP contribution in [0.1, 0.15) is 24.3 Å². The maximum absolute atomic E-state index is 11.2. The van der Waals surface area contributed by atoms with Crippen LogP contribution in [0.15, 0.2) is 34.2 Å². The number of nitrogens with zero attached hydrogens (tertiary/aromatic N) is 3. The van der Waals surface area contributed by atoms with Crippen molar-refractivity contribution in [1.82, 2.24) is 9.78 Å². The van der Waals surface area contributed by atoms with E-state index in [9.17, 15) is 15.2 Å². The predicted molar refractivity (Wildman–Crippen MR) is 75.8 cm³/mol. The summed E-state index contributed by atoms with van der Waals surface area (Å²) in [6, 6.07) is 6.64. The van der Waals surface area contributed by atoms with Gasteiger partial charge < -0.3 is 5.11 Å². The number of rotatable bonds is 4. The second kappa shape index (κ2) is 5.64. The Labute approximate surface area is 120 Å². The molecule has 1 heterocycles. The standard InChI is InChI=1S/C13H15N3O3S/c1-8-6-13(15(3)14-8)20-12-5-4-10(9(2)17)7-11(12)16(18)19/h4-7,9,17H,1-3H3/t9-/m0/s1. The Balaban J connectivity index is 2.41. The molecule has 0 saturated carbocycles. The molecule has 0 bridgehead atoms. The van der Waals surface area contributed by atoms with Gasteiger partial charge in [0.15, 0.2) is 0 Å². The quantitative estimate of drug-likeness (QED) is 0.692. The molecule has 1 atom stereocenters. The summed E-state index contributed by atoms with van der Waals surface area (Å²) in [5, 5.41) is 25.7. The summed E-state index contributed by atoms with van der Waals surface area (Å²) in [6.45, 7) is 3.45. The van der Waals surface area contributed by atoms with Crippen molar-refractivity contribution in [3.8, 4) is 0 Å². The van der Waals surface area contributed by atoms with Crippen molar-refractivity contribution < 1.29 is 10.0 Å². The Hall–Kier alpha value is -1.86. The van der Waals surface area contributed by atoms with E-state index in [0.717, 1.165) is 10.7 Å². The molecule has 2 aromatic rings. The molecule has 1 N–H and O–H groups in total. The van der Waals surface area contributed by atoms with Crippen LogP contribution in [0.3, 0.4) is 0 Å². The highest BCUT2D eigenvalue weighted by molar-refractivity contribution is 7.99. The monoisotopic (exact) mass is 293 g/mol. The van der Waals surface area contributed by atoms with E-state index in [1.807, 2.05) is 13.0 Å². The van der Waals surface area contributed by atoms with Gasteiger partial charge in [0.2, 0.25) is 0 Å². The van der Waals surface area contributed by atoms with Gasteiger partial charge in [-0.2, -0.15) is 5.10 Å². The summed E-state index contributed by atoms with van der Waals surface area (Å²) < 4.78 is 1.69. The van der Waals surface area contributed by atoms with Crippen molar-refractivity contribution in [3.05, 3.63) is 45.6 Å². The maximum atomic E-state index is 11.2. The molecule has 0 fully saturated rings. The van der Waals surface area contributed by atoms with Gasteiger partial charge in [0.1, 0.15) is 0 Å². The Morgan fingerprint density at radius 2 is 2.15 bits per heavy atom. The van der Waals surface area contributed by atoms with E-state index in [0.29, 0.717) is 10.5 Å². The number of benzene rings is 1. The van der Waals surface area contributed by atoms with Gasteiger partial charge in [-0.05, 0) is 31.5 Å². The number of nitro groups is 1. The molecule has 2 rings (SSSR count). The van der Waals surface area contributed by atoms with Gasteiger partial charge in [-0.1, -0.05) is 17.8 Å². The molecule has 0 spiro atoms. The molecule has 6 nitrogen and oxygen atoms in total. The minimum Gasteiger partial charge on any atom is -0.389 e. The zero-order valence-electron chi connectivity index (χ0n) is 11.4. The molecule has 1 aromatic heterocycles. The SMILES string of the molecule is Cc1cc(Sc2ccc([C@H](C)O)cc2[N+](=O)[O-])n(C)n1. The lowest BCUT2D eigenvalue weighted by Crippen LogP contribution is -1.97. The van der Waals surface area contributed by atoms with Gasteiger partial charge in [-0.25, -0.2) is 0 Å². The average Bonchev–Trinajstić information content (AvgIpc) is 2.67. The third-order valence-corrected chi connectivity index (χ3v) is 3.99. The summed E-state index contributed by atoms with van der Waals surface area (Å²) in [6.07, 6.45) is -0.730. The summed E-state index contributed by atoms with van der Waals surface area (Å²) in [5.74, 6) is 0. The number of nitro benzene ring substituents is 1. The molecular formula is C13H15N3O3S. The van der Waals surface area contributed by atoms with Gasteiger partial charge in [-0.3, -0.25) is 14.8 Å². The molecule has 0 aliphatic rings. The molecule has 7 heteroatoms. The van der Waals surface area contributed by atoms with Crippen molar-refractivity contribution in [2.24, 2.45) is 7.05 Å². The van der Waals surface area contributed by atoms with Crippen LogP contribution >= 0.6 is 11.8 Å². The van der Waals surface area contributed by atoms with Crippen molar-refractivity contribution in [2.45, 2.75) is 29.9 Å². The fourth-order valence-electron chi connectivity index (χ4n) is 1.82. The van der Waals surface area contributed by atoms with Crippen LogP contribution < -0.4 is 0 Å². The highest BCUT2D eigenvalue weighted by Crippen LogP contribution is 2.36. The molecule has 0 aliphatic carbocycles. The van der Waals surface area contributed by atoms with Gasteiger partial charge in [0.25, 0.3) is 5.69 Å². The highest BCUT2D eigenvalue weighted by Gasteiger charge is 2.18. The number of aliphatic hydroxyl groups is 1. The third kappa shape index (κ3) is 3.00. The van der Waals surface area contributed by atoms with Crippen LogP contribution in [0.2, 0.25) is 0 Å². The van der Waals surface area contributed by atoms with Crippen molar-refractivity contribution >= 4 is 17.4 Å². The zero-order chi connectivity index (χ0) is 14.9. The minimum absolute atomic E-state index is 0.00717. The Bertz CT molecular complexity index is 652. The van der Waals surface area contributed by atoms with Crippen molar-refractivity contribution in [3.63, 3.8) is 0 Å². The van der Waals surface area contributed by atoms with E-state index in [2.05, 4.69) is 5.10 Å². The van der Waals surface area contributed by atoms with E-state index in [1.165, 1.54) is 17.8 Å². The molecular weight excluding hydrogens is 278 g/mol. The van der Waals surface area contributed by atoms with Crippen LogP contribution in [0.4, 0.5) is 5.69 Å². The van der Waals surface area contributed by atoms with E-state index in [4.69, 9.17) is 0 Å². The maximum Gasteiger partial charge on any atom is 0.283 e. The molecule has 20 heavy (non-hydrogen) atoms. The molecule has 106 valence electrons. The molecule has 0 radical (unpaired) electrons. The lowest BCUT2D eigenvalue weighted by Gasteiger charge is -2.07. The molecule has 1 aromatic carbocycles. The predicted octanol–water partition coefficient (Wildman–Crippen LogP) is 2.84. The Morgan fingerprint density at radius 3 is 2.65 bits per heavy atom. The second-order valence-corrected chi connectivity index (χ2v) is 5.57. The van der Waals surface area contributed by atoms with E-state index in [1.54, 1.807) is 30.8 Å². The normalized spacial score (nSPS) is 12.4. The van der Waals surface area contributed by atoms with E-state index < -0.39 is 11.0 Å². The second-order valence-electron chi connectivity index (χ2n) is 4.51. The van der Waals surface area contributed by atoms with E-state index in [-0.39, 0.29) is 5.69 Å². The van der Waals surface area contributed by atoms with Crippen LogP contribution in [-0.2, 0) is 7.05 Å². The lowest BCUT2D eigenvalue weighted by atomic mass is 10.1. The first-order valence-electron chi connectivity index (χ1n) is 6.03. The zero-order valence-corrected chi connectivity index (χ0v) is 12.2.